The minimum Gasteiger partial charge on any atom is -0.310 e. The van der Waals surface area contributed by atoms with Crippen LogP contribution >= 0.6 is 0 Å². The molecule has 278 valence electrons. The Morgan fingerprint density at radius 3 is 1.81 bits per heavy atom. The lowest BCUT2D eigenvalue weighted by molar-refractivity contribution is -0.0399. The minimum atomic E-state index is -0.151. The summed E-state index contributed by atoms with van der Waals surface area (Å²) in [7, 11) is 0. The van der Waals surface area contributed by atoms with Gasteiger partial charge in [-0.3, -0.25) is 0 Å². The maximum Gasteiger partial charge on any atom is 0.0508 e. The molecule has 0 amide bonds. The minimum absolute atomic E-state index is 0.151. The Morgan fingerprint density at radius 1 is 0.439 bits per heavy atom. The number of anilines is 3. The molecule has 0 radical (unpaired) electrons. The van der Waals surface area contributed by atoms with Gasteiger partial charge in [0.1, 0.15) is 0 Å². The van der Waals surface area contributed by atoms with Crippen molar-refractivity contribution in [2.75, 3.05) is 4.90 Å². The predicted octanol–water partition coefficient (Wildman–Crippen LogP) is 14.8. The third-order valence-electron chi connectivity index (χ3n) is 15.3. The van der Waals surface area contributed by atoms with Crippen LogP contribution < -0.4 is 4.90 Å². The number of hydrogen-bond acceptors (Lipinski definition) is 1. The van der Waals surface area contributed by atoms with Gasteiger partial charge in [0.05, 0.1) is 5.69 Å². The molecule has 6 aliphatic carbocycles. The highest BCUT2D eigenvalue weighted by Gasteiger charge is 2.61. The Labute approximate surface area is 338 Å². The van der Waals surface area contributed by atoms with Crippen LogP contribution in [0.4, 0.5) is 17.1 Å². The molecule has 0 saturated heterocycles. The molecule has 7 aromatic rings. The topological polar surface area (TPSA) is 3.24 Å². The summed E-state index contributed by atoms with van der Waals surface area (Å²) in [5, 5.41) is 0. The third-order valence-corrected chi connectivity index (χ3v) is 15.3. The zero-order chi connectivity index (χ0) is 38.0. The van der Waals surface area contributed by atoms with Crippen LogP contribution in [0.5, 0.6) is 0 Å². The Balaban J connectivity index is 0.996. The lowest BCUT2D eigenvalue weighted by Gasteiger charge is -2.61. The van der Waals surface area contributed by atoms with Gasteiger partial charge in [-0.05, 0) is 171 Å². The lowest BCUT2D eigenvalue weighted by Crippen LogP contribution is -2.55. The molecule has 6 aliphatic rings. The monoisotopic (exact) mass is 735 g/mol. The second-order valence-corrected chi connectivity index (χ2v) is 18.6. The molecular weight excluding hydrogens is 687 g/mol. The van der Waals surface area contributed by atoms with Gasteiger partial charge in [-0.15, -0.1) is 0 Å². The van der Waals surface area contributed by atoms with E-state index in [0.29, 0.717) is 0 Å². The first-order valence-electron chi connectivity index (χ1n) is 21.4. The van der Waals surface area contributed by atoms with E-state index < -0.39 is 0 Å². The second-order valence-electron chi connectivity index (χ2n) is 18.6. The Bertz CT molecular complexity index is 2720. The standard InChI is InChI=1S/C56H49N/c1-35-27-44(24-25-45(35)40-23-26-52-49(34-40)47-18-8-10-21-51(47)56(52)41-29-36-28-37(31-41)32-42(56)30-36)57(43-16-11-15-39(33-43)38-13-5-4-6-14-38)53-22-12-19-48-46-17-7-9-20-50(46)55(2,3)54(48)53/h4-27,33-34,36-37,41-42H,28-32H2,1-3H3. The summed E-state index contributed by atoms with van der Waals surface area (Å²) < 4.78 is 0. The second kappa shape index (κ2) is 12.2. The summed E-state index contributed by atoms with van der Waals surface area (Å²) in [6.07, 6.45) is 7.16. The molecule has 1 nitrogen and oxygen atoms in total. The van der Waals surface area contributed by atoms with Crippen molar-refractivity contribution in [2.24, 2.45) is 23.7 Å². The summed E-state index contributed by atoms with van der Waals surface area (Å²) in [4.78, 5) is 2.52. The van der Waals surface area contributed by atoms with Crippen LogP contribution in [-0.4, -0.2) is 0 Å². The van der Waals surface area contributed by atoms with Crippen molar-refractivity contribution in [1.29, 1.82) is 0 Å². The fraction of sp³-hybridized carbons (Fsp3) is 0.250. The van der Waals surface area contributed by atoms with Gasteiger partial charge < -0.3 is 4.90 Å². The first-order chi connectivity index (χ1) is 27.9. The smallest absolute Gasteiger partial charge is 0.0508 e. The van der Waals surface area contributed by atoms with Crippen LogP contribution in [0.25, 0.3) is 44.5 Å². The average molecular weight is 736 g/mol. The molecule has 0 heterocycles. The van der Waals surface area contributed by atoms with Crippen molar-refractivity contribution in [3.63, 3.8) is 0 Å². The van der Waals surface area contributed by atoms with Gasteiger partial charge >= 0.3 is 0 Å². The Morgan fingerprint density at radius 2 is 1.05 bits per heavy atom. The molecule has 0 aromatic heterocycles. The summed E-state index contributed by atoms with van der Waals surface area (Å²) >= 11 is 0. The summed E-state index contributed by atoms with van der Waals surface area (Å²) in [6, 6.07) is 60.0. The first kappa shape index (κ1) is 33.5. The number of benzene rings is 7. The van der Waals surface area contributed by atoms with Gasteiger partial charge in [0, 0.05) is 22.2 Å². The van der Waals surface area contributed by atoms with Crippen LogP contribution in [0.1, 0.15) is 73.8 Å². The van der Waals surface area contributed by atoms with Crippen molar-refractivity contribution >= 4 is 17.1 Å². The van der Waals surface area contributed by atoms with Gasteiger partial charge in [0.2, 0.25) is 0 Å². The molecule has 4 fully saturated rings. The average Bonchev–Trinajstić information content (AvgIpc) is 3.66. The highest BCUT2D eigenvalue weighted by Crippen LogP contribution is 2.69. The van der Waals surface area contributed by atoms with Crippen LogP contribution in [-0.2, 0) is 10.8 Å². The van der Waals surface area contributed by atoms with E-state index in [1.54, 1.807) is 11.1 Å². The third kappa shape index (κ3) is 4.69. The highest BCUT2D eigenvalue weighted by molar-refractivity contribution is 5.92. The van der Waals surface area contributed by atoms with E-state index in [4.69, 9.17) is 0 Å². The number of hydrogen-bond donors (Lipinski definition) is 0. The molecule has 4 saturated carbocycles. The van der Waals surface area contributed by atoms with E-state index in [9.17, 15) is 0 Å². The molecule has 7 aromatic carbocycles. The zero-order valence-electron chi connectivity index (χ0n) is 33.3. The molecule has 1 spiro atoms. The summed E-state index contributed by atoms with van der Waals surface area (Å²) in [5.74, 6) is 3.47. The van der Waals surface area contributed by atoms with Gasteiger partial charge in [0.25, 0.3) is 0 Å². The van der Waals surface area contributed by atoms with E-state index in [1.165, 1.54) is 110 Å². The maximum atomic E-state index is 2.56. The summed E-state index contributed by atoms with van der Waals surface area (Å²) in [6.45, 7) is 7.11. The number of rotatable bonds is 5. The molecule has 1 heteroatoms. The molecular formula is C56H49N. The molecule has 13 rings (SSSR count). The van der Waals surface area contributed by atoms with Crippen molar-refractivity contribution < 1.29 is 0 Å². The fourth-order valence-electron chi connectivity index (χ4n) is 13.3. The van der Waals surface area contributed by atoms with Crippen molar-refractivity contribution in [3.05, 3.63) is 186 Å². The number of nitrogens with zero attached hydrogens (tertiary/aromatic N) is 1. The van der Waals surface area contributed by atoms with E-state index in [1.807, 2.05) is 0 Å². The van der Waals surface area contributed by atoms with Crippen LogP contribution in [0.15, 0.2) is 158 Å². The van der Waals surface area contributed by atoms with Gasteiger partial charge in [0.15, 0.2) is 0 Å². The molecule has 0 unspecified atom stereocenters. The summed E-state index contributed by atoms with van der Waals surface area (Å²) in [5.41, 5.74) is 21.7. The van der Waals surface area contributed by atoms with E-state index >= 15 is 0 Å². The molecule has 0 N–H and O–H groups in total. The van der Waals surface area contributed by atoms with Crippen LogP contribution in [0.3, 0.4) is 0 Å². The van der Waals surface area contributed by atoms with Gasteiger partial charge in [-0.25, -0.2) is 0 Å². The van der Waals surface area contributed by atoms with Crippen LogP contribution in [0, 0.1) is 30.6 Å². The van der Waals surface area contributed by atoms with E-state index in [0.717, 1.165) is 23.7 Å². The highest BCUT2D eigenvalue weighted by atomic mass is 15.1. The van der Waals surface area contributed by atoms with E-state index in [-0.39, 0.29) is 10.8 Å². The largest absolute Gasteiger partial charge is 0.310 e. The lowest BCUT2D eigenvalue weighted by atomic mass is 9.43. The number of fused-ring (bicyclic) bond motifs is 6. The zero-order valence-corrected chi connectivity index (χ0v) is 33.3. The molecule has 57 heavy (non-hydrogen) atoms. The fourth-order valence-corrected chi connectivity index (χ4v) is 13.3. The molecule has 0 aliphatic heterocycles. The normalized spacial score (nSPS) is 23.9. The Hall–Kier alpha value is -5.66. The van der Waals surface area contributed by atoms with Crippen molar-refractivity contribution in [3.8, 4) is 44.5 Å². The maximum absolute atomic E-state index is 2.56. The first-order valence-corrected chi connectivity index (χ1v) is 21.4. The Kier molecular flexibility index (Phi) is 7.15. The SMILES string of the molecule is Cc1cc(N(c2cccc(-c3ccccc3)c2)c2cccc3c2C(C)(C)c2ccccc2-3)ccc1-c1ccc2c(c1)-c1ccccc1C21C2CC3CC(C2)CC1C3. The van der Waals surface area contributed by atoms with Crippen molar-refractivity contribution in [1.82, 2.24) is 0 Å². The van der Waals surface area contributed by atoms with Crippen molar-refractivity contribution in [2.45, 2.75) is 63.7 Å². The molecule has 4 bridgehead atoms. The number of aryl methyl sites for hydroxylation is 1. The van der Waals surface area contributed by atoms with Crippen LogP contribution in [0.2, 0.25) is 0 Å². The molecule has 0 atom stereocenters. The van der Waals surface area contributed by atoms with E-state index in [2.05, 4.69) is 183 Å². The quantitative estimate of drug-likeness (QED) is 0.170. The van der Waals surface area contributed by atoms with Gasteiger partial charge in [-0.2, -0.15) is 0 Å². The predicted molar refractivity (Wildman–Crippen MR) is 238 cm³/mol. The van der Waals surface area contributed by atoms with Gasteiger partial charge in [-0.1, -0.05) is 135 Å².